The molecule has 3 heteroatoms. The van der Waals surface area contributed by atoms with Crippen molar-refractivity contribution < 1.29 is 4.74 Å². The highest BCUT2D eigenvalue weighted by Gasteiger charge is 2.23. The van der Waals surface area contributed by atoms with Crippen molar-refractivity contribution in [2.75, 3.05) is 33.4 Å². The molecule has 0 amide bonds. The molecule has 11 heavy (non-hydrogen) atoms. The van der Waals surface area contributed by atoms with Crippen molar-refractivity contribution in [3.63, 3.8) is 0 Å². The molecule has 1 fully saturated rings. The van der Waals surface area contributed by atoms with Gasteiger partial charge in [0.1, 0.15) is 0 Å². The molecule has 0 saturated carbocycles. The van der Waals surface area contributed by atoms with E-state index in [4.69, 9.17) is 10.5 Å². The summed E-state index contributed by atoms with van der Waals surface area (Å²) >= 11 is 0. The normalized spacial score (nSPS) is 23.2. The third-order valence-electron chi connectivity index (χ3n) is 2.01. The minimum atomic E-state index is 0.421. The van der Waals surface area contributed by atoms with Gasteiger partial charge in [-0.25, -0.2) is 0 Å². The molecule has 1 aliphatic rings. The number of rotatable bonds is 4. The third kappa shape index (κ3) is 2.77. The van der Waals surface area contributed by atoms with E-state index in [1.54, 1.807) is 7.11 Å². The zero-order chi connectivity index (χ0) is 8.27. The van der Waals surface area contributed by atoms with Crippen molar-refractivity contribution in [2.24, 2.45) is 11.7 Å². The molecule has 2 N–H and O–H groups in total. The van der Waals surface area contributed by atoms with Crippen LogP contribution >= 0.6 is 0 Å². The van der Waals surface area contributed by atoms with Gasteiger partial charge in [-0.15, -0.1) is 0 Å². The maximum absolute atomic E-state index is 5.65. The Morgan fingerprint density at radius 2 is 2.27 bits per heavy atom. The molecule has 0 aromatic rings. The van der Waals surface area contributed by atoms with Crippen LogP contribution < -0.4 is 5.73 Å². The van der Waals surface area contributed by atoms with Gasteiger partial charge in [0.25, 0.3) is 0 Å². The molecular weight excluding hydrogens is 140 g/mol. The monoisotopic (exact) mass is 158 g/mol. The summed E-state index contributed by atoms with van der Waals surface area (Å²) in [6.07, 6.45) is 0. The second-order valence-electron chi connectivity index (χ2n) is 3.54. The predicted molar refractivity (Wildman–Crippen MR) is 45.5 cm³/mol. The molecule has 1 atom stereocenters. The summed E-state index contributed by atoms with van der Waals surface area (Å²) in [5.41, 5.74) is 5.65. The van der Waals surface area contributed by atoms with Gasteiger partial charge in [0, 0.05) is 39.4 Å². The summed E-state index contributed by atoms with van der Waals surface area (Å²) in [7, 11) is 1.75. The van der Waals surface area contributed by atoms with E-state index in [0.29, 0.717) is 12.0 Å². The number of hydrogen-bond acceptors (Lipinski definition) is 3. The highest BCUT2D eigenvalue weighted by atomic mass is 16.5. The Hall–Kier alpha value is -0.120. The Labute approximate surface area is 68.5 Å². The number of nitrogens with zero attached hydrogens (tertiary/aromatic N) is 1. The number of methoxy groups -OCH3 is 1. The van der Waals surface area contributed by atoms with Crippen LogP contribution in [0.4, 0.5) is 0 Å². The van der Waals surface area contributed by atoms with Crippen LogP contribution in [0.1, 0.15) is 6.92 Å². The Bertz CT molecular complexity index is 110. The molecule has 66 valence electrons. The van der Waals surface area contributed by atoms with Crippen LogP contribution in [0, 0.1) is 5.92 Å². The summed E-state index contributed by atoms with van der Waals surface area (Å²) < 4.78 is 5.04. The largest absolute Gasteiger partial charge is 0.384 e. The molecule has 1 rings (SSSR count). The predicted octanol–water partition coefficient (Wildman–Crippen LogP) is -0.0882. The van der Waals surface area contributed by atoms with Crippen LogP contribution in [0.2, 0.25) is 0 Å². The van der Waals surface area contributed by atoms with Crippen molar-refractivity contribution in [2.45, 2.75) is 13.0 Å². The SMILES string of the molecule is COCC(C)CN1CC(N)C1. The van der Waals surface area contributed by atoms with Crippen LogP contribution in [0.25, 0.3) is 0 Å². The lowest BCUT2D eigenvalue weighted by Crippen LogP contribution is -2.56. The fourth-order valence-corrected chi connectivity index (χ4v) is 1.54. The van der Waals surface area contributed by atoms with E-state index in [1.165, 1.54) is 0 Å². The standard InChI is InChI=1S/C8H18N2O/c1-7(6-11-2)3-10-4-8(9)5-10/h7-8H,3-6,9H2,1-2H3. The van der Waals surface area contributed by atoms with E-state index in [-0.39, 0.29) is 0 Å². The summed E-state index contributed by atoms with van der Waals surface area (Å²) in [5, 5.41) is 0. The topological polar surface area (TPSA) is 38.5 Å². The van der Waals surface area contributed by atoms with E-state index in [1.807, 2.05) is 0 Å². The summed E-state index contributed by atoms with van der Waals surface area (Å²) in [6.45, 7) is 6.31. The zero-order valence-corrected chi connectivity index (χ0v) is 7.42. The maximum Gasteiger partial charge on any atom is 0.0500 e. The van der Waals surface area contributed by atoms with Crippen LogP contribution in [0.3, 0.4) is 0 Å². The Morgan fingerprint density at radius 1 is 1.64 bits per heavy atom. The van der Waals surface area contributed by atoms with Gasteiger partial charge in [0.15, 0.2) is 0 Å². The van der Waals surface area contributed by atoms with E-state index >= 15 is 0 Å². The van der Waals surface area contributed by atoms with Gasteiger partial charge >= 0.3 is 0 Å². The van der Waals surface area contributed by atoms with Gasteiger partial charge in [-0.1, -0.05) is 6.92 Å². The fraction of sp³-hybridized carbons (Fsp3) is 1.00. The van der Waals surface area contributed by atoms with Gasteiger partial charge in [0.05, 0.1) is 0 Å². The molecule has 0 bridgehead atoms. The van der Waals surface area contributed by atoms with Crippen LogP contribution in [-0.4, -0.2) is 44.3 Å². The lowest BCUT2D eigenvalue weighted by atomic mass is 10.1. The van der Waals surface area contributed by atoms with Gasteiger partial charge in [-0.05, 0) is 5.92 Å². The molecular formula is C8H18N2O. The van der Waals surface area contributed by atoms with E-state index in [0.717, 1.165) is 26.2 Å². The summed E-state index contributed by atoms with van der Waals surface area (Å²) in [6, 6.07) is 0.421. The lowest BCUT2D eigenvalue weighted by molar-refractivity contribution is 0.0893. The Kier molecular flexibility index (Phi) is 3.30. The molecule has 1 aliphatic heterocycles. The fourth-order valence-electron chi connectivity index (χ4n) is 1.54. The molecule has 1 unspecified atom stereocenters. The average Bonchev–Trinajstić information content (AvgIpc) is 1.85. The van der Waals surface area contributed by atoms with Crippen molar-refractivity contribution in [1.82, 2.24) is 4.90 Å². The second-order valence-corrected chi connectivity index (χ2v) is 3.54. The molecule has 0 aromatic carbocycles. The minimum absolute atomic E-state index is 0.421. The van der Waals surface area contributed by atoms with Crippen molar-refractivity contribution >= 4 is 0 Å². The molecule has 0 aromatic heterocycles. The maximum atomic E-state index is 5.65. The molecule has 1 heterocycles. The molecule has 1 saturated heterocycles. The molecule has 0 radical (unpaired) electrons. The average molecular weight is 158 g/mol. The molecule has 0 spiro atoms. The van der Waals surface area contributed by atoms with Crippen molar-refractivity contribution in [3.05, 3.63) is 0 Å². The smallest absolute Gasteiger partial charge is 0.0500 e. The first-order chi connectivity index (χ1) is 5.22. The van der Waals surface area contributed by atoms with Crippen LogP contribution in [0.5, 0.6) is 0 Å². The van der Waals surface area contributed by atoms with Crippen LogP contribution in [-0.2, 0) is 4.74 Å². The number of nitrogens with two attached hydrogens (primary N) is 1. The number of ether oxygens (including phenoxy) is 1. The van der Waals surface area contributed by atoms with E-state index in [9.17, 15) is 0 Å². The first kappa shape index (κ1) is 8.97. The zero-order valence-electron chi connectivity index (χ0n) is 7.42. The summed E-state index contributed by atoms with van der Waals surface area (Å²) in [4.78, 5) is 2.37. The van der Waals surface area contributed by atoms with Gasteiger partial charge < -0.3 is 10.5 Å². The minimum Gasteiger partial charge on any atom is -0.384 e. The quantitative estimate of drug-likeness (QED) is 0.621. The number of hydrogen-bond donors (Lipinski definition) is 1. The third-order valence-corrected chi connectivity index (χ3v) is 2.01. The van der Waals surface area contributed by atoms with Crippen molar-refractivity contribution in [3.8, 4) is 0 Å². The second kappa shape index (κ2) is 4.04. The Morgan fingerprint density at radius 3 is 2.73 bits per heavy atom. The van der Waals surface area contributed by atoms with Crippen molar-refractivity contribution in [1.29, 1.82) is 0 Å². The van der Waals surface area contributed by atoms with Gasteiger partial charge in [-0.3, -0.25) is 4.90 Å². The molecule has 0 aliphatic carbocycles. The number of likely N-dealkylation sites (tertiary alicyclic amines) is 1. The first-order valence-corrected chi connectivity index (χ1v) is 4.19. The molecule has 3 nitrogen and oxygen atoms in total. The first-order valence-electron chi connectivity index (χ1n) is 4.19. The highest BCUT2D eigenvalue weighted by molar-refractivity contribution is 4.83. The lowest BCUT2D eigenvalue weighted by Gasteiger charge is -2.38. The Balaban J connectivity index is 2.02. The van der Waals surface area contributed by atoms with Gasteiger partial charge in [-0.2, -0.15) is 0 Å². The highest BCUT2D eigenvalue weighted by Crippen LogP contribution is 2.08. The van der Waals surface area contributed by atoms with Crippen LogP contribution in [0.15, 0.2) is 0 Å². The van der Waals surface area contributed by atoms with Gasteiger partial charge in [0.2, 0.25) is 0 Å². The summed E-state index contributed by atoms with van der Waals surface area (Å²) in [5.74, 6) is 0.632. The van der Waals surface area contributed by atoms with E-state index in [2.05, 4.69) is 11.8 Å². The van der Waals surface area contributed by atoms with E-state index < -0.39 is 0 Å².